The molecule has 1 aromatic carbocycles. The SMILES string of the molecule is CCn1c(=O)n(CC(=O)N[C@@H](CC(C)C)C(=O)O)c2ccccc21. The van der Waals surface area contributed by atoms with Crippen molar-refractivity contribution in [1.29, 1.82) is 0 Å². The zero-order chi connectivity index (χ0) is 17.9. The van der Waals surface area contributed by atoms with Crippen molar-refractivity contribution in [2.24, 2.45) is 5.92 Å². The summed E-state index contributed by atoms with van der Waals surface area (Å²) in [4.78, 5) is 36.0. The molecule has 0 unspecified atom stereocenters. The Kier molecular flexibility index (Phi) is 5.43. The van der Waals surface area contributed by atoms with Gasteiger partial charge in [-0.25, -0.2) is 9.59 Å². The Hall–Kier alpha value is -2.57. The standard InChI is InChI=1S/C17H23N3O4/c1-4-19-13-7-5-6-8-14(13)20(17(19)24)10-15(21)18-12(16(22)23)9-11(2)3/h5-8,11-12H,4,9-10H2,1-3H3,(H,18,21)(H,22,23)/t12-/m0/s1. The first kappa shape index (κ1) is 17.8. The number of hydrogen-bond acceptors (Lipinski definition) is 3. The lowest BCUT2D eigenvalue weighted by Crippen LogP contribution is -2.44. The van der Waals surface area contributed by atoms with Crippen LogP contribution in [0.4, 0.5) is 0 Å². The number of benzene rings is 1. The molecule has 2 N–H and O–H groups in total. The summed E-state index contributed by atoms with van der Waals surface area (Å²) in [7, 11) is 0. The third-order valence-corrected chi connectivity index (χ3v) is 3.88. The second kappa shape index (κ2) is 7.33. The molecule has 0 saturated heterocycles. The van der Waals surface area contributed by atoms with Gasteiger partial charge in [-0.05, 0) is 31.4 Å². The quantitative estimate of drug-likeness (QED) is 0.802. The van der Waals surface area contributed by atoms with Crippen LogP contribution < -0.4 is 11.0 Å². The largest absolute Gasteiger partial charge is 0.480 e. The van der Waals surface area contributed by atoms with Crippen molar-refractivity contribution in [2.75, 3.05) is 0 Å². The highest BCUT2D eigenvalue weighted by molar-refractivity contribution is 5.85. The second-order valence-corrected chi connectivity index (χ2v) is 6.19. The van der Waals surface area contributed by atoms with Crippen LogP contribution in [0, 0.1) is 5.92 Å². The summed E-state index contributed by atoms with van der Waals surface area (Å²) in [5, 5.41) is 11.7. The van der Waals surface area contributed by atoms with Gasteiger partial charge in [0.15, 0.2) is 0 Å². The minimum absolute atomic E-state index is 0.135. The predicted octanol–water partition coefficient (Wildman–Crippen LogP) is 1.44. The molecule has 0 aliphatic rings. The number of carboxylic acid groups (broad SMARTS) is 1. The van der Waals surface area contributed by atoms with Crippen LogP contribution in [0.5, 0.6) is 0 Å². The third-order valence-electron chi connectivity index (χ3n) is 3.88. The van der Waals surface area contributed by atoms with Crippen LogP contribution in [0.1, 0.15) is 27.2 Å². The van der Waals surface area contributed by atoms with Gasteiger partial charge < -0.3 is 10.4 Å². The van der Waals surface area contributed by atoms with E-state index in [2.05, 4.69) is 5.32 Å². The Bertz CT molecular complexity index is 804. The van der Waals surface area contributed by atoms with Gasteiger partial charge in [-0.15, -0.1) is 0 Å². The van der Waals surface area contributed by atoms with Crippen molar-refractivity contribution in [1.82, 2.24) is 14.5 Å². The van der Waals surface area contributed by atoms with Crippen LogP contribution in [0.15, 0.2) is 29.1 Å². The Morgan fingerprint density at radius 3 is 2.25 bits per heavy atom. The molecule has 7 nitrogen and oxygen atoms in total. The molecular formula is C17H23N3O4. The number of carbonyl (C=O) groups excluding carboxylic acids is 1. The molecular weight excluding hydrogens is 310 g/mol. The molecule has 0 spiro atoms. The second-order valence-electron chi connectivity index (χ2n) is 6.19. The summed E-state index contributed by atoms with van der Waals surface area (Å²) < 4.78 is 2.97. The van der Waals surface area contributed by atoms with Gasteiger partial charge in [-0.3, -0.25) is 13.9 Å². The molecule has 1 heterocycles. The van der Waals surface area contributed by atoms with E-state index in [9.17, 15) is 19.5 Å². The lowest BCUT2D eigenvalue weighted by Gasteiger charge is -2.16. The number of hydrogen-bond donors (Lipinski definition) is 2. The minimum atomic E-state index is -1.07. The van der Waals surface area contributed by atoms with E-state index in [4.69, 9.17) is 0 Å². The maximum Gasteiger partial charge on any atom is 0.329 e. The van der Waals surface area contributed by atoms with Crippen molar-refractivity contribution in [3.8, 4) is 0 Å². The van der Waals surface area contributed by atoms with Crippen molar-refractivity contribution in [2.45, 2.75) is 46.3 Å². The monoisotopic (exact) mass is 333 g/mol. The summed E-state index contributed by atoms with van der Waals surface area (Å²) in [6.45, 7) is 5.94. The fourth-order valence-corrected chi connectivity index (χ4v) is 2.81. The highest BCUT2D eigenvalue weighted by Gasteiger charge is 2.22. The minimum Gasteiger partial charge on any atom is -0.480 e. The summed E-state index contributed by atoms with van der Waals surface area (Å²) in [6, 6.07) is 6.29. The Morgan fingerprint density at radius 2 is 1.75 bits per heavy atom. The van der Waals surface area contributed by atoms with Gasteiger partial charge in [0.2, 0.25) is 5.91 Å². The number of aromatic nitrogens is 2. The summed E-state index contributed by atoms with van der Waals surface area (Å²) in [5.41, 5.74) is 1.15. The number of imidazole rings is 1. The first-order chi connectivity index (χ1) is 11.3. The molecule has 1 atom stereocenters. The van der Waals surface area contributed by atoms with E-state index in [1.165, 1.54) is 4.57 Å². The number of nitrogens with one attached hydrogen (secondary N) is 1. The third kappa shape index (κ3) is 3.67. The molecule has 7 heteroatoms. The van der Waals surface area contributed by atoms with Crippen molar-refractivity contribution >= 4 is 22.9 Å². The molecule has 130 valence electrons. The molecule has 2 rings (SSSR count). The zero-order valence-electron chi connectivity index (χ0n) is 14.2. The van der Waals surface area contributed by atoms with Crippen LogP contribution in [0.25, 0.3) is 11.0 Å². The van der Waals surface area contributed by atoms with Crippen molar-refractivity contribution in [3.05, 3.63) is 34.7 Å². The van der Waals surface area contributed by atoms with Crippen molar-refractivity contribution in [3.63, 3.8) is 0 Å². The van der Waals surface area contributed by atoms with Crippen LogP contribution in [0.2, 0.25) is 0 Å². The Morgan fingerprint density at radius 1 is 1.17 bits per heavy atom. The lowest BCUT2D eigenvalue weighted by molar-refractivity contribution is -0.142. The number of carboxylic acids is 1. The summed E-state index contributed by atoms with van der Waals surface area (Å²) in [5.74, 6) is -1.42. The Labute approximate surface area is 139 Å². The number of fused-ring (bicyclic) bond motifs is 1. The van der Waals surface area contributed by atoms with E-state index >= 15 is 0 Å². The Balaban J connectivity index is 2.26. The smallest absolute Gasteiger partial charge is 0.329 e. The zero-order valence-corrected chi connectivity index (χ0v) is 14.2. The average Bonchev–Trinajstić information content (AvgIpc) is 2.78. The number of rotatable bonds is 7. The first-order valence-corrected chi connectivity index (χ1v) is 8.05. The predicted molar refractivity (Wildman–Crippen MR) is 90.9 cm³/mol. The first-order valence-electron chi connectivity index (χ1n) is 8.05. The van der Waals surface area contributed by atoms with Gasteiger partial charge in [-0.1, -0.05) is 26.0 Å². The van der Waals surface area contributed by atoms with Gasteiger partial charge in [0.05, 0.1) is 11.0 Å². The van der Waals surface area contributed by atoms with E-state index in [-0.39, 0.29) is 18.2 Å². The fraction of sp³-hybridized carbons (Fsp3) is 0.471. The maximum atomic E-state index is 12.5. The van der Waals surface area contributed by atoms with Gasteiger partial charge >= 0.3 is 11.7 Å². The molecule has 0 aliphatic heterocycles. The van der Waals surface area contributed by atoms with E-state index < -0.39 is 17.9 Å². The molecule has 0 saturated carbocycles. The highest BCUT2D eigenvalue weighted by atomic mass is 16.4. The number of para-hydroxylation sites is 2. The van der Waals surface area contributed by atoms with Gasteiger partial charge in [-0.2, -0.15) is 0 Å². The van der Waals surface area contributed by atoms with Gasteiger partial charge in [0.1, 0.15) is 12.6 Å². The van der Waals surface area contributed by atoms with E-state index in [1.807, 2.05) is 32.9 Å². The van der Waals surface area contributed by atoms with Gasteiger partial charge in [0, 0.05) is 6.54 Å². The molecule has 0 aliphatic carbocycles. The fourth-order valence-electron chi connectivity index (χ4n) is 2.81. The molecule has 1 aromatic heterocycles. The number of aliphatic carboxylic acids is 1. The number of carbonyl (C=O) groups is 2. The van der Waals surface area contributed by atoms with E-state index in [1.54, 1.807) is 16.7 Å². The molecule has 24 heavy (non-hydrogen) atoms. The average molecular weight is 333 g/mol. The van der Waals surface area contributed by atoms with Crippen LogP contribution in [0.3, 0.4) is 0 Å². The van der Waals surface area contributed by atoms with Crippen molar-refractivity contribution < 1.29 is 14.7 Å². The molecule has 2 aromatic rings. The topological polar surface area (TPSA) is 93.3 Å². The molecule has 0 radical (unpaired) electrons. The lowest BCUT2D eigenvalue weighted by atomic mass is 10.0. The normalized spacial score (nSPS) is 12.5. The number of nitrogens with zero attached hydrogens (tertiary/aromatic N) is 2. The summed E-state index contributed by atoms with van der Waals surface area (Å²) >= 11 is 0. The van der Waals surface area contributed by atoms with Crippen LogP contribution >= 0.6 is 0 Å². The summed E-state index contributed by atoms with van der Waals surface area (Å²) in [6.07, 6.45) is 0.340. The maximum absolute atomic E-state index is 12.5. The molecule has 1 amide bonds. The van der Waals surface area contributed by atoms with Crippen LogP contribution in [-0.2, 0) is 22.7 Å². The number of aryl methyl sites for hydroxylation is 1. The molecule has 0 bridgehead atoms. The van der Waals surface area contributed by atoms with E-state index in [0.717, 1.165) is 5.52 Å². The highest BCUT2D eigenvalue weighted by Crippen LogP contribution is 2.12. The van der Waals surface area contributed by atoms with Crippen LogP contribution in [-0.4, -0.2) is 32.2 Å². The van der Waals surface area contributed by atoms with E-state index in [0.29, 0.717) is 18.5 Å². The number of amides is 1. The van der Waals surface area contributed by atoms with Gasteiger partial charge in [0.25, 0.3) is 0 Å². The molecule has 0 fully saturated rings.